The third-order valence-electron chi connectivity index (χ3n) is 14.6. The van der Waals surface area contributed by atoms with E-state index < -0.39 is 0 Å². The van der Waals surface area contributed by atoms with Gasteiger partial charge in [0.1, 0.15) is 11.2 Å². The van der Waals surface area contributed by atoms with Crippen molar-refractivity contribution in [1.29, 1.82) is 0 Å². The molecular formula is C70H45NO. The quantitative estimate of drug-likeness (QED) is 0.141. The molecule has 0 aliphatic rings. The van der Waals surface area contributed by atoms with Crippen LogP contribution in [0.4, 0.5) is 17.1 Å². The summed E-state index contributed by atoms with van der Waals surface area (Å²) in [4.78, 5) is 2.40. The van der Waals surface area contributed by atoms with Crippen LogP contribution in [0.5, 0.6) is 0 Å². The number of fused-ring (bicyclic) bond motifs is 9. The molecule has 1 heterocycles. The summed E-state index contributed by atoms with van der Waals surface area (Å²) in [5.74, 6) is 0. The lowest BCUT2D eigenvalue weighted by Crippen LogP contribution is -2.10. The zero-order valence-corrected chi connectivity index (χ0v) is 39.3. The van der Waals surface area contributed by atoms with Crippen molar-refractivity contribution in [3.63, 3.8) is 0 Å². The van der Waals surface area contributed by atoms with E-state index >= 15 is 0 Å². The van der Waals surface area contributed by atoms with E-state index in [1.54, 1.807) is 0 Å². The third kappa shape index (κ3) is 6.95. The lowest BCUT2D eigenvalue weighted by atomic mass is 9.84. The second kappa shape index (κ2) is 17.2. The lowest BCUT2D eigenvalue weighted by molar-refractivity contribution is 0.673. The number of rotatable bonds is 8. The van der Waals surface area contributed by atoms with Gasteiger partial charge in [-0.2, -0.15) is 0 Å². The number of furan rings is 1. The molecule has 2 nitrogen and oxygen atoms in total. The monoisotopic (exact) mass is 915 g/mol. The van der Waals surface area contributed by atoms with Gasteiger partial charge in [0.15, 0.2) is 0 Å². The third-order valence-corrected chi connectivity index (χ3v) is 14.6. The molecule has 0 aliphatic heterocycles. The first kappa shape index (κ1) is 41.5. The molecule has 2 heteroatoms. The summed E-state index contributed by atoms with van der Waals surface area (Å²) in [6.45, 7) is 0. The van der Waals surface area contributed by atoms with Crippen LogP contribution < -0.4 is 4.90 Å². The molecule has 0 aliphatic carbocycles. The van der Waals surface area contributed by atoms with Crippen molar-refractivity contribution < 1.29 is 4.42 Å². The van der Waals surface area contributed by atoms with E-state index in [1.165, 1.54) is 71.1 Å². The second-order valence-electron chi connectivity index (χ2n) is 18.7. The fraction of sp³-hybridized carbons (Fsp3) is 0. The minimum absolute atomic E-state index is 0.882. The highest BCUT2D eigenvalue weighted by atomic mass is 16.3. The zero-order chi connectivity index (χ0) is 47.5. The van der Waals surface area contributed by atoms with Crippen LogP contribution in [0.1, 0.15) is 0 Å². The van der Waals surface area contributed by atoms with Gasteiger partial charge in [0, 0.05) is 33.2 Å². The van der Waals surface area contributed by atoms with Crippen LogP contribution >= 0.6 is 0 Å². The van der Waals surface area contributed by atoms with Crippen LogP contribution in [-0.2, 0) is 0 Å². The topological polar surface area (TPSA) is 16.4 Å². The minimum Gasteiger partial charge on any atom is -0.455 e. The van der Waals surface area contributed by atoms with Crippen molar-refractivity contribution in [3.05, 3.63) is 273 Å². The maximum Gasteiger partial charge on any atom is 0.143 e. The Kier molecular flexibility index (Phi) is 9.89. The van der Waals surface area contributed by atoms with Gasteiger partial charge in [-0.25, -0.2) is 0 Å². The van der Waals surface area contributed by atoms with Crippen molar-refractivity contribution in [2.24, 2.45) is 0 Å². The standard InChI is InChI=1S/C70H45NO/c1-3-19-49(20-4-1)67-63-31-12-11-30-61(63)62-41-38-52(45-65(62)68(67)50-21-5-2-6-22-50)51-24-13-26-55(43-51)71(54-39-35-48(36-40-54)58-32-15-23-46-17-7-9-28-57(46)58)56-27-14-25-53(44-56)59-33-16-34-66-69(59)64-42-37-47-18-8-10-29-60(47)70(64)72-66/h1-45H. The SMILES string of the molecule is c1ccc(-c2c(-c3ccccc3)c3cc(-c4cccc(N(c5ccc(-c6cccc7ccccc67)cc5)c5cccc(-c6cccc7oc8c9ccccc9ccc8c67)c5)c4)ccc3c3ccccc23)cc1. The molecule has 0 spiro atoms. The van der Waals surface area contributed by atoms with Gasteiger partial charge in [-0.05, 0) is 148 Å². The molecule has 0 saturated heterocycles. The smallest absolute Gasteiger partial charge is 0.143 e. The summed E-state index contributed by atoms with van der Waals surface area (Å²) >= 11 is 0. The normalized spacial score (nSPS) is 11.6. The highest BCUT2D eigenvalue weighted by Gasteiger charge is 2.21. The van der Waals surface area contributed by atoms with Crippen LogP contribution in [0.3, 0.4) is 0 Å². The van der Waals surface area contributed by atoms with Gasteiger partial charge in [0.05, 0.1) is 0 Å². The first-order chi connectivity index (χ1) is 35.7. The molecule has 13 aromatic carbocycles. The van der Waals surface area contributed by atoms with E-state index in [-0.39, 0.29) is 0 Å². The molecule has 14 aromatic rings. The number of hydrogen-bond donors (Lipinski definition) is 0. The fourth-order valence-electron chi connectivity index (χ4n) is 11.3. The Bertz CT molecular complexity index is 4370. The highest BCUT2D eigenvalue weighted by Crippen LogP contribution is 2.47. The van der Waals surface area contributed by atoms with E-state index in [2.05, 4.69) is 278 Å². The Morgan fingerprint density at radius 3 is 1.50 bits per heavy atom. The maximum atomic E-state index is 6.67. The summed E-state index contributed by atoms with van der Waals surface area (Å²) in [6.07, 6.45) is 0. The van der Waals surface area contributed by atoms with Crippen molar-refractivity contribution in [3.8, 4) is 55.6 Å². The number of hydrogen-bond acceptors (Lipinski definition) is 2. The number of nitrogens with zero attached hydrogens (tertiary/aromatic N) is 1. The largest absolute Gasteiger partial charge is 0.455 e. The molecule has 0 saturated carbocycles. The molecule has 14 rings (SSSR count). The lowest BCUT2D eigenvalue weighted by Gasteiger charge is -2.27. The number of benzene rings is 13. The predicted octanol–water partition coefficient (Wildman–Crippen LogP) is 20.0. The number of anilines is 3. The predicted molar refractivity (Wildman–Crippen MR) is 306 cm³/mol. The van der Waals surface area contributed by atoms with Crippen molar-refractivity contribution in [2.45, 2.75) is 0 Å². The van der Waals surface area contributed by atoms with Crippen LogP contribution in [0, 0.1) is 0 Å². The average molecular weight is 916 g/mol. The summed E-state index contributed by atoms with van der Waals surface area (Å²) in [7, 11) is 0. The van der Waals surface area contributed by atoms with Crippen LogP contribution in [0.2, 0.25) is 0 Å². The van der Waals surface area contributed by atoms with E-state index in [4.69, 9.17) is 4.42 Å². The van der Waals surface area contributed by atoms with Crippen LogP contribution in [0.15, 0.2) is 277 Å². The molecule has 1 aromatic heterocycles. The van der Waals surface area contributed by atoms with Gasteiger partial charge in [-0.1, -0.05) is 218 Å². The van der Waals surface area contributed by atoms with Crippen molar-refractivity contribution in [2.75, 3.05) is 4.90 Å². The maximum absolute atomic E-state index is 6.67. The first-order valence-corrected chi connectivity index (χ1v) is 24.7. The van der Waals surface area contributed by atoms with Gasteiger partial charge in [-0.15, -0.1) is 0 Å². The molecule has 0 unspecified atom stereocenters. The molecule has 0 amide bonds. The van der Waals surface area contributed by atoms with Gasteiger partial charge in [0.2, 0.25) is 0 Å². The summed E-state index contributed by atoms with van der Waals surface area (Å²) < 4.78 is 6.67. The first-order valence-electron chi connectivity index (χ1n) is 24.7. The van der Waals surface area contributed by atoms with Gasteiger partial charge in [-0.3, -0.25) is 0 Å². The van der Waals surface area contributed by atoms with Crippen LogP contribution in [0.25, 0.3) is 121 Å². The molecule has 72 heavy (non-hydrogen) atoms. The Labute approximate surface area is 417 Å². The van der Waals surface area contributed by atoms with Crippen LogP contribution in [-0.4, -0.2) is 0 Å². The van der Waals surface area contributed by atoms with E-state index in [9.17, 15) is 0 Å². The molecule has 0 fully saturated rings. The molecule has 0 radical (unpaired) electrons. The van der Waals surface area contributed by atoms with Gasteiger partial charge in [0.25, 0.3) is 0 Å². The highest BCUT2D eigenvalue weighted by molar-refractivity contribution is 6.22. The Balaban J connectivity index is 0.948. The van der Waals surface area contributed by atoms with Gasteiger partial charge < -0.3 is 9.32 Å². The molecule has 0 atom stereocenters. The summed E-state index contributed by atoms with van der Waals surface area (Å²) in [5.41, 5.74) is 16.8. The molecular weight excluding hydrogens is 871 g/mol. The van der Waals surface area contributed by atoms with Crippen molar-refractivity contribution >= 4 is 82.1 Å². The fourth-order valence-corrected chi connectivity index (χ4v) is 11.3. The zero-order valence-electron chi connectivity index (χ0n) is 39.3. The summed E-state index contributed by atoms with van der Waals surface area (Å²) in [5, 5.41) is 12.0. The second-order valence-corrected chi connectivity index (χ2v) is 18.7. The van der Waals surface area contributed by atoms with E-state index in [0.717, 1.165) is 66.6 Å². The Morgan fingerprint density at radius 1 is 0.250 bits per heavy atom. The summed E-state index contributed by atoms with van der Waals surface area (Å²) in [6, 6.07) is 99.3. The van der Waals surface area contributed by atoms with E-state index in [1.807, 2.05) is 0 Å². The Hall–Kier alpha value is -9.50. The Morgan fingerprint density at radius 2 is 0.750 bits per heavy atom. The molecule has 0 N–H and O–H groups in total. The molecule has 0 bridgehead atoms. The average Bonchev–Trinajstić information content (AvgIpc) is 3.85. The molecule has 336 valence electrons. The van der Waals surface area contributed by atoms with Gasteiger partial charge >= 0.3 is 0 Å². The van der Waals surface area contributed by atoms with Crippen molar-refractivity contribution in [1.82, 2.24) is 0 Å². The van der Waals surface area contributed by atoms with E-state index in [0.29, 0.717) is 0 Å². The minimum atomic E-state index is 0.882.